The van der Waals surface area contributed by atoms with Gasteiger partial charge in [-0.3, -0.25) is 4.79 Å². The Hall–Kier alpha value is -1.26. The van der Waals surface area contributed by atoms with Gasteiger partial charge in [0.25, 0.3) is 0 Å². The lowest BCUT2D eigenvalue weighted by atomic mass is 10.1. The second-order valence-corrected chi connectivity index (χ2v) is 3.57. The van der Waals surface area contributed by atoms with Crippen molar-refractivity contribution in [1.82, 2.24) is 5.32 Å². The van der Waals surface area contributed by atoms with Crippen molar-refractivity contribution in [3.63, 3.8) is 0 Å². The highest BCUT2D eigenvalue weighted by molar-refractivity contribution is 5.87. The Morgan fingerprint density at radius 3 is 2.15 bits per heavy atom. The summed E-state index contributed by atoms with van der Waals surface area (Å²) in [5, 5.41) is 2.35. The average molecular weight is 188 g/mol. The summed E-state index contributed by atoms with van der Waals surface area (Å²) in [5.74, 6) is -0.604. The monoisotopic (exact) mass is 188 g/mol. The molecule has 0 fully saturated rings. The molecule has 76 valence electrons. The van der Waals surface area contributed by atoms with E-state index in [1.807, 2.05) is 0 Å². The summed E-state index contributed by atoms with van der Waals surface area (Å²) in [7, 11) is 0. The van der Waals surface area contributed by atoms with Crippen molar-refractivity contribution in [1.29, 1.82) is 0 Å². The molecule has 0 bridgehead atoms. The van der Waals surface area contributed by atoms with Crippen LogP contribution in [0, 0.1) is 0 Å². The Kier molecular flexibility index (Phi) is 3.71. The predicted octanol–water partition coefficient (Wildman–Crippen LogP) is 0.385. The number of primary amides is 1. The van der Waals surface area contributed by atoms with E-state index in [9.17, 15) is 9.59 Å². The van der Waals surface area contributed by atoms with Crippen LogP contribution in [-0.2, 0) is 9.53 Å². The fraction of sp³-hybridized carbons (Fsp3) is 0.750. The standard InChI is InChI=1S/C8H16N2O3/c1-5(2)13-7(12)10-8(3,4)6(9)11/h5H,1-4H3,(H2,9,11)(H,10,12). The van der Waals surface area contributed by atoms with E-state index < -0.39 is 17.5 Å². The first-order valence-corrected chi connectivity index (χ1v) is 4.04. The fourth-order valence-electron chi connectivity index (χ4n) is 0.560. The van der Waals surface area contributed by atoms with Gasteiger partial charge in [0.15, 0.2) is 0 Å². The van der Waals surface area contributed by atoms with E-state index >= 15 is 0 Å². The predicted molar refractivity (Wildman–Crippen MR) is 48.0 cm³/mol. The summed E-state index contributed by atoms with van der Waals surface area (Å²) < 4.78 is 4.78. The van der Waals surface area contributed by atoms with Crippen LogP contribution in [0.1, 0.15) is 27.7 Å². The second kappa shape index (κ2) is 4.11. The number of nitrogens with two attached hydrogens (primary N) is 1. The molecule has 0 aliphatic rings. The zero-order valence-electron chi connectivity index (χ0n) is 8.38. The van der Waals surface area contributed by atoms with E-state index in [0.717, 1.165) is 0 Å². The van der Waals surface area contributed by atoms with Gasteiger partial charge in [0.2, 0.25) is 5.91 Å². The van der Waals surface area contributed by atoms with Crippen molar-refractivity contribution in [3.8, 4) is 0 Å². The number of hydrogen-bond acceptors (Lipinski definition) is 3. The molecule has 0 saturated heterocycles. The Labute approximate surface area is 77.6 Å². The lowest BCUT2D eigenvalue weighted by Crippen LogP contribution is -2.53. The van der Waals surface area contributed by atoms with E-state index in [0.29, 0.717) is 0 Å². The molecular weight excluding hydrogens is 172 g/mol. The molecule has 0 aromatic carbocycles. The second-order valence-electron chi connectivity index (χ2n) is 3.57. The van der Waals surface area contributed by atoms with E-state index in [1.165, 1.54) is 13.8 Å². The lowest BCUT2D eigenvalue weighted by Gasteiger charge is -2.22. The molecule has 2 amide bonds. The minimum atomic E-state index is -1.08. The van der Waals surface area contributed by atoms with Crippen molar-refractivity contribution in [2.45, 2.75) is 39.3 Å². The van der Waals surface area contributed by atoms with Crippen LogP contribution in [0.25, 0.3) is 0 Å². The SMILES string of the molecule is CC(C)OC(=O)NC(C)(C)C(N)=O. The van der Waals surface area contributed by atoms with Crippen molar-refractivity contribution in [2.24, 2.45) is 5.73 Å². The van der Waals surface area contributed by atoms with Crippen molar-refractivity contribution in [2.75, 3.05) is 0 Å². The van der Waals surface area contributed by atoms with Crippen LogP contribution >= 0.6 is 0 Å². The summed E-state index contributed by atoms with van der Waals surface area (Å²) in [4.78, 5) is 21.8. The molecule has 0 radical (unpaired) electrons. The zero-order chi connectivity index (χ0) is 10.6. The summed E-state index contributed by atoms with van der Waals surface area (Å²) in [5.41, 5.74) is 3.96. The van der Waals surface area contributed by atoms with Gasteiger partial charge in [-0.2, -0.15) is 0 Å². The van der Waals surface area contributed by atoms with Crippen LogP contribution in [0.3, 0.4) is 0 Å². The van der Waals surface area contributed by atoms with E-state index in [-0.39, 0.29) is 6.10 Å². The maximum atomic E-state index is 11.0. The third-order valence-corrected chi connectivity index (χ3v) is 1.37. The summed E-state index contributed by atoms with van der Waals surface area (Å²) in [6.07, 6.45) is -0.859. The van der Waals surface area contributed by atoms with Gasteiger partial charge < -0.3 is 15.8 Å². The first-order valence-electron chi connectivity index (χ1n) is 4.04. The van der Waals surface area contributed by atoms with Crippen LogP contribution < -0.4 is 11.1 Å². The van der Waals surface area contributed by atoms with Crippen LogP contribution in [0.2, 0.25) is 0 Å². The highest BCUT2D eigenvalue weighted by Crippen LogP contribution is 2.01. The number of rotatable bonds is 3. The van der Waals surface area contributed by atoms with E-state index in [4.69, 9.17) is 10.5 Å². The number of amides is 2. The minimum absolute atomic E-state index is 0.219. The van der Waals surface area contributed by atoms with Crippen LogP contribution in [0.5, 0.6) is 0 Å². The average Bonchev–Trinajstić information content (AvgIpc) is 1.82. The van der Waals surface area contributed by atoms with Gasteiger partial charge in [-0.05, 0) is 27.7 Å². The van der Waals surface area contributed by atoms with Gasteiger partial charge in [-0.25, -0.2) is 4.79 Å². The molecule has 0 heterocycles. The third kappa shape index (κ3) is 4.35. The highest BCUT2D eigenvalue weighted by atomic mass is 16.6. The molecule has 0 rings (SSSR count). The molecule has 0 saturated carbocycles. The molecule has 0 unspecified atom stereocenters. The number of carbonyl (C=O) groups excluding carboxylic acids is 2. The van der Waals surface area contributed by atoms with E-state index in [1.54, 1.807) is 13.8 Å². The number of carbonyl (C=O) groups is 2. The van der Waals surface area contributed by atoms with Crippen molar-refractivity contribution in [3.05, 3.63) is 0 Å². The Bertz CT molecular complexity index is 211. The fourth-order valence-corrected chi connectivity index (χ4v) is 0.560. The molecule has 0 spiro atoms. The van der Waals surface area contributed by atoms with Gasteiger partial charge in [-0.1, -0.05) is 0 Å². The summed E-state index contributed by atoms with van der Waals surface area (Å²) in [6.45, 7) is 6.46. The molecule has 5 heteroatoms. The number of alkyl carbamates (subject to hydrolysis) is 1. The molecule has 13 heavy (non-hydrogen) atoms. The summed E-state index contributed by atoms with van der Waals surface area (Å²) in [6, 6.07) is 0. The maximum absolute atomic E-state index is 11.0. The minimum Gasteiger partial charge on any atom is -0.447 e. The summed E-state index contributed by atoms with van der Waals surface area (Å²) >= 11 is 0. The Balaban J connectivity index is 4.12. The first kappa shape index (κ1) is 11.7. The first-order chi connectivity index (χ1) is 5.75. The van der Waals surface area contributed by atoms with Gasteiger partial charge in [0.1, 0.15) is 5.54 Å². The van der Waals surface area contributed by atoms with Crippen LogP contribution in [0.15, 0.2) is 0 Å². The van der Waals surface area contributed by atoms with Gasteiger partial charge in [0.05, 0.1) is 6.10 Å². The largest absolute Gasteiger partial charge is 0.447 e. The third-order valence-electron chi connectivity index (χ3n) is 1.37. The molecule has 5 nitrogen and oxygen atoms in total. The molecule has 0 aliphatic carbocycles. The molecule has 0 aliphatic heterocycles. The quantitative estimate of drug-likeness (QED) is 0.672. The van der Waals surface area contributed by atoms with Crippen LogP contribution in [0.4, 0.5) is 4.79 Å². The Morgan fingerprint density at radius 2 is 1.85 bits per heavy atom. The van der Waals surface area contributed by atoms with Gasteiger partial charge in [-0.15, -0.1) is 0 Å². The van der Waals surface area contributed by atoms with E-state index in [2.05, 4.69) is 5.32 Å². The van der Waals surface area contributed by atoms with Gasteiger partial charge in [0, 0.05) is 0 Å². The molecular formula is C8H16N2O3. The molecule has 0 aromatic rings. The molecule has 3 N–H and O–H groups in total. The smallest absolute Gasteiger partial charge is 0.408 e. The van der Waals surface area contributed by atoms with Crippen LogP contribution in [-0.4, -0.2) is 23.6 Å². The Morgan fingerprint density at radius 1 is 1.38 bits per heavy atom. The molecule has 0 aromatic heterocycles. The number of nitrogens with one attached hydrogen (secondary N) is 1. The highest BCUT2D eigenvalue weighted by Gasteiger charge is 2.27. The van der Waals surface area contributed by atoms with Gasteiger partial charge >= 0.3 is 6.09 Å². The number of hydrogen-bond donors (Lipinski definition) is 2. The molecule has 0 atom stereocenters. The zero-order valence-corrected chi connectivity index (χ0v) is 8.38. The lowest BCUT2D eigenvalue weighted by molar-refractivity contribution is -0.123. The van der Waals surface area contributed by atoms with Crippen molar-refractivity contribution < 1.29 is 14.3 Å². The van der Waals surface area contributed by atoms with Crippen molar-refractivity contribution >= 4 is 12.0 Å². The number of ether oxygens (including phenoxy) is 1. The topological polar surface area (TPSA) is 81.4 Å². The normalized spacial score (nSPS) is 11.2. The maximum Gasteiger partial charge on any atom is 0.408 e.